The number of aliphatic carboxylic acids is 1. The summed E-state index contributed by atoms with van der Waals surface area (Å²) in [6.07, 6.45) is 3.05. The first-order chi connectivity index (χ1) is 10.9. The van der Waals surface area contributed by atoms with Crippen molar-refractivity contribution in [1.29, 1.82) is 0 Å². The monoisotopic (exact) mass is 329 g/mol. The van der Waals surface area contributed by atoms with Gasteiger partial charge in [-0.2, -0.15) is 0 Å². The average molecular weight is 329 g/mol. The fourth-order valence-corrected chi connectivity index (χ4v) is 1.66. The molecule has 0 bridgehead atoms. The Morgan fingerprint density at radius 1 is 1.17 bits per heavy atom. The number of amides is 2. The van der Waals surface area contributed by atoms with Crippen molar-refractivity contribution < 1.29 is 29.7 Å². The Hall–Kier alpha value is -2.50. The number of aliphatic hydroxyl groups is 2. The Balaban J connectivity index is 2.58. The molecule has 0 radical (unpaired) electrons. The SMILES string of the molecule is N[C@@H](Cc1cnc[nH]1)C(=O)N[C@@H](CO)C(=O)N[C@@H](CO)C(=O)O. The summed E-state index contributed by atoms with van der Waals surface area (Å²) in [6.45, 7) is -1.58. The number of aromatic amines is 1. The van der Waals surface area contributed by atoms with Crippen LogP contribution in [0.2, 0.25) is 0 Å². The van der Waals surface area contributed by atoms with Gasteiger partial charge < -0.3 is 36.7 Å². The predicted octanol–water partition coefficient (Wildman–Crippen LogP) is -3.68. The van der Waals surface area contributed by atoms with Gasteiger partial charge in [-0.25, -0.2) is 9.78 Å². The summed E-state index contributed by atoms with van der Waals surface area (Å²) in [5.41, 5.74) is 6.29. The van der Waals surface area contributed by atoms with Crippen LogP contribution in [-0.4, -0.2) is 74.4 Å². The molecule has 0 fully saturated rings. The third-order valence-corrected chi connectivity index (χ3v) is 2.94. The summed E-state index contributed by atoms with van der Waals surface area (Å²) in [5, 5.41) is 30.9. The molecular weight excluding hydrogens is 310 g/mol. The molecule has 3 atom stereocenters. The molecule has 1 aromatic heterocycles. The number of carboxylic acids is 1. The largest absolute Gasteiger partial charge is 0.480 e. The number of imidazole rings is 1. The fraction of sp³-hybridized carbons (Fsp3) is 0.500. The lowest BCUT2D eigenvalue weighted by atomic mass is 10.1. The zero-order chi connectivity index (χ0) is 17.4. The second-order valence-electron chi connectivity index (χ2n) is 4.71. The van der Waals surface area contributed by atoms with Crippen molar-refractivity contribution in [3.05, 3.63) is 18.2 Å². The number of nitrogens with one attached hydrogen (secondary N) is 3. The molecule has 0 aliphatic heterocycles. The van der Waals surface area contributed by atoms with Crippen molar-refractivity contribution >= 4 is 17.8 Å². The second-order valence-corrected chi connectivity index (χ2v) is 4.71. The Kier molecular flexibility index (Phi) is 7.12. The van der Waals surface area contributed by atoms with Crippen molar-refractivity contribution in [3.63, 3.8) is 0 Å². The number of nitrogens with two attached hydrogens (primary N) is 1. The van der Waals surface area contributed by atoms with E-state index in [-0.39, 0.29) is 6.42 Å². The maximum absolute atomic E-state index is 11.9. The Morgan fingerprint density at radius 2 is 1.78 bits per heavy atom. The van der Waals surface area contributed by atoms with Crippen LogP contribution in [0.4, 0.5) is 0 Å². The first kappa shape index (κ1) is 18.5. The van der Waals surface area contributed by atoms with E-state index in [9.17, 15) is 14.4 Å². The van der Waals surface area contributed by atoms with E-state index in [1.807, 2.05) is 5.32 Å². The van der Waals surface area contributed by atoms with Crippen LogP contribution >= 0.6 is 0 Å². The Labute approximate surface area is 130 Å². The number of carbonyl (C=O) groups excluding carboxylic acids is 2. The molecule has 11 heteroatoms. The summed E-state index contributed by atoms with van der Waals surface area (Å²) >= 11 is 0. The maximum atomic E-state index is 11.9. The van der Waals surface area contributed by atoms with Crippen molar-refractivity contribution in [3.8, 4) is 0 Å². The number of hydrogen-bond donors (Lipinski definition) is 7. The lowest BCUT2D eigenvalue weighted by Gasteiger charge is -2.20. The highest BCUT2D eigenvalue weighted by Crippen LogP contribution is 1.97. The molecule has 0 spiro atoms. The van der Waals surface area contributed by atoms with Crippen molar-refractivity contribution in [2.24, 2.45) is 5.73 Å². The highest BCUT2D eigenvalue weighted by atomic mass is 16.4. The molecule has 1 aromatic rings. The molecule has 0 aliphatic carbocycles. The Bertz CT molecular complexity index is 534. The van der Waals surface area contributed by atoms with E-state index in [2.05, 4.69) is 15.3 Å². The summed E-state index contributed by atoms with van der Waals surface area (Å²) in [6, 6.07) is -3.92. The van der Waals surface area contributed by atoms with E-state index in [0.29, 0.717) is 5.69 Å². The normalized spacial score (nSPS) is 14.6. The molecule has 11 nitrogen and oxygen atoms in total. The van der Waals surface area contributed by atoms with Gasteiger partial charge in [-0.1, -0.05) is 0 Å². The number of hydrogen-bond acceptors (Lipinski definition) is 7. The molecule has 2 amide bonds. The molecule has 8 N–H and O–H groups in total. The number of H-pyrrole nitrogens is 1. The summed E-state index contributed by atoms with van der Waals surface area (Å²) < 4.78 is 0. The summed E-state index contributed by atoms with van der Waals surface area (Å²) in [4.78, 5) is 41.0. The number of aliphatic hydroxyl groups excluding tert-OH is 2. The van der Waals surface area contributed by atoms with E-state index in [1.165, 1.54) is 12.5 Å². The molecule has 128 valence electrons. The van der Waals surface area contributed by atoms with Gasteiger partial charge >= 0.3 is 5.97 Å². The molecule has 0 saturated carbocycles. The van der Waals surface area contributed by atoms with Gasteiger partial charge in [0.1, 0.15) is 12.1 Å². The molecule has 0 aliphatic rings. The van der Waals surface area contributed by atoms with Crippen molar-refractivity contribution in [2.45, 2.75) is 24.5 Å². The zero-order valence-electron chi connectivity index (χ0n) is 12.1. The van der Waals surface area contributed by atoms with Crippen LogP contribution in [0.1, 0.15) is 5.69 Å². The lowest BCUT2D eigenvalue weighted by molar-refractivity contribution is -0.143. The smallest absolute Gasteiger partial charge is 0.328 e. The first-order valence-corrected chi connectivity index (χ1v) is 6.67. The van der Waals surface area contributed by atoms with Gasteiger partial charge in [0.05, 0.1) is 25.6 Å². The van der Waals surface area contributed by atoms with Crippen molar-refractivity contribution in [2.75, 3.05) is 13.2 Å². The molecular formula is C12H19N5O6. The predicted molar refractivity (Wildman–Crippen MR) is 75.9 cm³/mol. The van der Waals surface area contributed by atoms with Crippen LogP contribution < -0.4 is 16.4 Å². The third kappa shape index (κ3) is 5.65. The number of carboxylic acid groups (broad SMARTS) is 1. The minimum atomic E-state index is -1.54. The van der Waals surface area contributed by atoms with E-state index >= 15 is 0 Å². The van der Waals surface area contributed by atoms with Gasteiger partial charge in [0, 0.05) is 18.3 Å². The highest BCUT2D eigenvalue weighted by Gasteiger charge is 2.27. The number of carbonyl (C=O) groups is 3. The molecule has 23 heavy (non-hydrogen) atoms. The van der Waals surface area contributed by atoms with Gasteiger partial charge in [-0.15, -0.1) is 0 Å². The number of aromatic nitrogens is 2. The minimum Gasteiger partial charge on any atom is -0.480 e. The van der Waals surface area contributed by atoms with E-state index in [0.717, 1.165) is 0 Å². The molecule has 1 rings (SSSR count). The standard InChI is InChI=1S/C12H19N5O6/c13-7(1-6-2-14-5-15-6)10(20)16-8(3-18)11(21)17-9(4-19)12(22)23/h2,5,7-9,18-19H,1,3-4,13H2,(H,14,15)(H,16,20)(H,17,21)(H,22,23)/t7-,8-,9-/m0/s1. The van der Waals surface area contributed by atoms with Gasteiger partial charge in [-0.3, -0.25) is 9.59 Å². The zero-order valence-corrected chi connectivity index (χ0v) is 12.1. The minimum absolute atomic E-state index is 0.139. The van der Waals surface area contributed by atoms with Gasteiger partial charge in [0.25, 0.3) is 0 Å². The lowest BCUT2D eigenvalue weighted by Crippen LogP contribution is -2.56. The van der Waals surface area contributed by atoms with Crippen LogP contribution in [0, 0.1) is 0 Å². The van der Waals surface area contributed by atoms with Gasteiger partial charge in [0.15, 0.2) is 0 Å². The van der Waals surface area contributed by atoms with Gasteiger partial charge in [0.2, 0.25) is 11.8 Å². The van der Waals surface area contributed by atoms with E-state index in [1.54, 1.807) is 0 Å². The average Bonchev–Trinajstić information content (AvgIpc) is 3.02. The van der Waals surface area contributed by atoms with Crippen LogP contribution in [0.15, 0.2) is 12.5 Å². The molecule has 0 aromatic carbocycles. The molecule has 0 unspecified atom stereocenters. The van der Waals surface area contributed by atoms with Crippen molar-refractivity contribution in [1.82, 2.24) is 20.6 Å². The topological polar surface area (TPSA) is 191 Å². The number of rotatable bonds is 9. The van der Waals surface area contributed by atoms with Crippen LogP contribution in [0.5, 0.6) is 0 Å². The number of nitrogens with zero attached hydrogens (tertiary/aromatic N) is 1. The fourth-order valence-electron chi connectivity index (χ4n) is 1.66. The first-order valence-electron chi connectivity index (χ1n) is 6.67. The second kappa shape index (κ2) is 8.82. The van der Waals surface area contributed by atoms with E-state index in [4.69, 9.17) is 21.1 Å². The van der Waals surface area contributed by atoms with Crippen LogP contribution in [0.3, 0.4) is 0 Å². The highest BCUT2D eigenvalue weighted by molar-refractivity contribution is 5.91. The Morgan fingerprint density at radius 3 is 2.26 bits per heavy atom. The quantitative estimate of drug-likeness (QED) is 0.241. The van der Waals surface area contributed by atoms with Crippen LogP contribution in [-0.2, 0) is 20.8 Å². The van der Waals surface area contributed by atoms with Crippen LogP contribution in [0.25, 0.3) is 0 Å². The third-order valence-electron chi connectivity index (χ3n) is 2.94. The summed E-state index contributed by atoms with van der Waals surface area (Å²) in [5.74, 6) is -3.10. The summed E-state index contributed by atoms with van der Waals surface area (Å²) in [7, 11) is 0. The molecule has 1 heterocycles. The molecule has 0 saturated heterocycles. The van der Waals surface area contributed by atoms with E-state index < -0.39 is 49.1 Å². The van der Waals surface area contributed by atoms with Gasteiger partial charge in [-0.05, 0) is 0 Å². The maximum Gasteiger partial charge on any atom is 0.328 e.